The second-order valence-electron chi connectivity index (χ2n) is 9.17. The molecule has 3 aromatic carbocycles. The number of hydrogen-bond donors (Lipinski definition) is 0. The summed E-state index contributed by atoms with van der Waals surface area (Å²) in [6.07, 6.45) is 3.63. The van der Waals surface area contributed by atoms with Gasteiger partial charge in [-0.25, -0.2) is 0 Å². The van der Waals surface area contributed by atoms with Gasteiger partial charge in [-0.3, -0.25) is 9.69 Å². The average molecular weight is 486 g/mol. The number of fused-ring (bicyclic) bond motifs is 3. The Bertz CT molecular complexity index is 1330. The molecule has 186 valence electrons. The van der Waals surface area contributed by atoms with Gasteiger partial charge in [0.25, 0.3) is 0 Å². The topological polar surface area (TPSA) is 57.2 Å². The summed E-state index contributed by atoms with van der Waals surface area (Å²) in [5.41, 5.74) is 5.79. The number of methoxy groups -OCH3 is 2. The summed E-state index contributed by atoms with van der Waals surface area (Å²) < 4.78 is 23.1. The SMILES string of the molecule is CCc1ccc(/C=C2/Oc3c4c(cc(C)c3C2=O)OCN(CCc2ccc(OC)c(OC)c2)C4)cc1. The lowest BCUT2D eigenvalue weighted by Gasteiger charge is -2.30. The molecule has 2 heterocycles. The van der Waals surface area contributed by atoms with Gasteiger partial charge in [-0.2, -0.15) is 0 Å². The highest BCUT2D eigenvalue weighted by molar-refractivity contribution is 6.15. The number of rotatable bonds is 7. The van der Waals surface area contributed by atoms with Gasteiger partial charge in [-0.15, -0.1) is 0 Å². The molecule has 0 aromatic heterocycles. The number of nitrogens with zero attached hydrogens (tertiary/aromatic N) is 1. The molecule has 36 heavy (non-hydrogen) atoms. The number of Topliss-reactive ketones (excluding diaryl/α,β-unsaturated/α-hetero) is 1. The van der Waals surface area contributed by atoms with Crippen molar-refractivity contribution in [2.24, 2.45) is 0 Å². The Hall–Kier alpha value is -3.77. The third-order valence-corrected chi connectivity index (χ3v) is 6.84. The van der Waals surface area contributed by atoms with Crippen molar-refractivity contribution in [2.45, 2.75) is 33.2 Å². The zero-order valence-corrected chi connectivity index (χ0v) is 21.2. The molecular formula is C30H31NO5. The summed E-state index contributed by atoms with van der Waals surface area (Å²) in [6, 6.07) is 16.1. The highest BCUT2D eigenvalue weighted by Crippen LogP contribution is 2.44. The minimum Gasteiger partial charge on any atom is -0.493 e. The van der Waals surface area contributed by atoms with Crippen molar-refractivity contribution in [1.29, 1.82) is 0 Å². The molecule has 0 amide bonds. The minimum absolute atomic E-state index is 0.0766. The maximum atomic E-state index is 13.3. The Morgan fingerprint density at radius 1 is 1.00 bits per heavy atom. The molecule has 0 fully saturated rings. The monoisotopic (exact) mass is 485 g/mol. The van der Waals surface area contributed by atoms with E-state index in [1.807, 2.05) is 49.4 Å². The molecule has 2 aliphatic heterocycles. The van der Waals surface area contributed by atoms with Gasteiger partial charge in [0.1, 0.15) is 18.2 Å². The van der Waals surface area contributed by atoms with E-state index in [-0.39, 0.29) is 5.78 Å². The molecule has 6 heteroatoms. The summed E-state index contributed by atoms with van der Waals surface area (Å²) in [4.78, 5) is 15.5. The molecule has 6 nitrogen and oxygen atoms in total. The molecule has 0 saturated carbocycles. The molecule has 0 atom stereocenters. The molecule has 5 rings (SSSR count). The standard InChI is InChI=1S/C30H31NO5/c1-5-20-6-8-21(9-7-20)16-27-29(32)28-19(2)14-25-23(30(28)36-27)17-31(18-35-25)13-12-22-10-11-24(33-3)26(15-22)34-4/h6-11,14-16H,5,12-13,17-18H2,1-4H3/b27-16+. The van der Waals surface area contributed by atoms with E-state index in [1.54, 1.807) is 14.2 Å². The first-order chi connectivity index (χ1) is 17.5. The van der Waals surface area contributed by atoms with Crippen LogP contribution in [0.5, 0.6) is 23.0 Å². The molecule has 0 bridgehead atoms. The highest BCUT2D eigenvalue weighted by atomic mass is 16.5. The molecule has 0 saturated heterocycles. The first kappa shape index (κ1) is 23.9. The summed E-state index contributed by atoms with van der Waals surface area (Å²) in [5, 5.41) is 0. The van der Waals surface area contributed by atoms with Crippen molar-refractivity contribution >= 4 is 11.9 Å². The number of aryl methyl sites for hydroxylation is 2. The molecule has 0 N–H and O–H groups in total. The van der Waals surface area contributed by atoms with Gasteiger partial charge in [0, 0.05) is 13.1 Å². The van der Waals surface area contributed by atoms with Crippen molar-refractivity contribution < 1.29 is 23.7 Å². The van der Waals surface area contributed by atoms with Gasteiger partial charge in [0.05, 0.1) is 25.3 Å². The van der Waals surface area contributed by atoms with Crippen molar-refractivity contribution in [2.75, 3.05) is 27.5 Å². The predicted molar refractivity (Wildman–Crippen MR) is 139 cm³/mol. The Labute approximate surface area is 212 Å². The maximum absolute atomic E-state index is 13.3. The number of carbonyl (C=O) groups is 1. The van der Waals surface area contributed by atoms with Crippen molar-refractivity contribution in [1.82, 2.24) is 4.90 Å². The van der Waals surface area contributed by atoms with Crippen LogP contribution in [0.15, 0.2) is 54.3 Å². The third-order valence-electron chi connectivity index (χ3n) is 6.84. The Morgan fingerprint density at radius 2 is 1.75 bits per heavy atom. The van der Waals surface area contributed by atoms with Gasteiger partial charge >= 0.3 is 0 Å². The normalized spacial score (nSPS) is 15.8. The number of ether oxygens (including phenoxy) is 4. The number of hydrogen-bond acceptors (Lipinski definition) is 6. The highest BCUT2D eigenvalue weighted by Gasteiger charge is 2.35. The van der Waals surface area contributed by atoms with E-state index in [0.717, 1.165) is 58.9 Å². The zero-order valence-electron chi connectivity index (χ0n) is 21.2. The number of carbonyl (C=O) groups excluding carboxylic acids is 1. The summed E-state index contributed by atoms with van der Waals surface area (Å²) in [6.45, 7) is 5.99. The third kappa shape index (κ3) is 4.56. The van der Waals surface area contributed by atoms with E-state index in [4.69, 9.17) is 18.9 Å². The summed E-state index contributed by atoms with van der Waals surface area (Å²) >= 11 is 0. The minimum atomic E-state index is -0.0766. The van der Waals surface area contributed by atoms with Gasteiger partial charge in [0.2, 0.25) is 5.78 Å². The second-order valence-corrected chi connectivity index (χ2v) is 9.17. The fourth-order valence-corrected chi connectivity index (χ4v) is 4.74. The van der Waals surface area contributed by atoms with Gasteiger partial charge in [0.15, 0.2) is 17.3 Å². The van der Waals surface area contributed by atoms with Crippen molar-refractivity contribution in [3.63, 3.8) is 0 Å². The van der Waals surface area contributed by atoms with E-state index in [9.17, 15) is 4.79 Å². The fraction of sp³-hybridized carbons (Fsp3) is 0.300. The van der Waals surface area contributed by atoms with Gasteiger partial charge < -0.3 is 18.9 Å². The van der Waals surface area contributed by atoms with Crippen LogP contribution in [0, 0.1) is 6.92 Å². The molecule has 2 aliphatic rings. The van der Waals surface area contributed by atoms with E-state index in [1.165, 1.54) is 5.56 Å². The number of benzene rings is 3. The quantitative estimate of drug-likeness (QED) is 0.407. The first-order valence-corrected chi connectivity index (χ1v) is 12.3. The fourth-order valence-electron chi connectivity index (χ4n) is 4.74. The molecule has 0 spiro atoms. The second kappa shape index (κ2) is 10.1. The smallest absolute Gasteiger partial charge is 0.232 e. The molecule has 0 unspecified atom stereocenters. The molecule has 0 aliphatic carbocycles. The van der Waals surface area contributed by atoms with E-state index >= 15 is 0 Å². The summed E-state index contributed by atoms with van der Waals surface area (Å²) in [5.74, 6) is 3.13. The van der Waals surface area contributed by atoms with E-state index in [0.29, 0.717) is 30.3 Å². The van der Waals surface area contributed by atoms with Crippen molar-refractivity contribution in [3.8, 4) is 23.0 Å². The van der Waals surface area contributed by atoms with Crippen LogP contribution in [0.4, 0.5) is 0 Å². The Kier molecular flexibility index (Phi) is 6.70. The van der Waals surface area contributed by atoms with Crippen LogP contribution in [-0.2, 0) is 19.4 Å². The number of ketones is 1. The number of allylic oxidation sites excluding steroid dienone is 1. The Morgan fingerprint density at radius 3 is 2.47 bits per heavy atom. The largest absolute Gasteiger partial charge is 0.493 e. The van der Waals surface area contributed by atoms with Gasteiger partial charge in [-0.1, -0.05) is 37.3 Å². The summed E-state index contributed by atoms with van der Waals surface area (Å²) in [7, 11) is 3.28. The van der Waals surface area contributed by atoms with Crippen LogP contribution in [0.1, 0.15) is 45.1 Å². The lowest BCUT2D eigenvalue weighted by atomic mass is 9.98. The zero-order chi connectivity index (χ0) is 25.2. The van der Waals surface area contributed by atoms with Crippen LogP contribution in [0.3, 0.4) is 0 Å². The van der Waals surface area contributed by atoms with Crippen LogP contribution in [0.25, 0.3) is 6.08 Å². The lowest BCUT2D eigenvalue weighted by molar-refractivity contribution is 0.0949. The maximum Gasteiger partial charge on any atom is 0.232 e. The van der Waals surface area contributed by atoms with Gasteiger partial charge in [-0.05, 0) is 66.3 Å². The molecular weight excluding hydrogens is 454 g/mol. The predicted octanol–water partition coefficient (Wildman–Crippen LogP) is 5.59. The first-order valence-electron chi connectivity index (χ1n) is 12.3. The molecule has 0 radical (unpaired) electrons. The molecule has 3 aromatic rings. The van der Waals surface area contributed by atoms with Crippen LogP contribution < -0.4 is 18.9 Å². The Balaban J connectivity index is 1.35. The van der Waals surface area contributed by atoms with E-state index in [2.05, 4.69) is 24.0 Å². The van der Waals surface area contributed by atoms with Crippen LogP contribution >= 0.6 is 0 Å². The van der Waals surface area contributed by atoms with Crippen LogP contribution in [0.2, 0.25) is 0 Å². The van der Waals surface area contributed by atoms with Crippen molar-refractivity contribution in [3.05, 3.63) is 87.7 Å². The van der Waals surface area contributed by atoms with Crippen LogP contribution in [-0.4, -0.2) is 38.2 Å². The van der Waals surface area contributed by atoms with E-state index < -0.39 is 0 Å². The lowest BCUT2D eigenvalue weighted by Crippen LogP contribution is -2.34. The average Bonchev–Trinajstić information content (AvgIpc) is 3.24.